The lowest BCUT2D eigenvalue weighted by molar-refractivity contribution is 0.831. The fraction of sp³-hybridized carbons (Fsp3) is 0.0870. The first-order chi connectivity index (χ1) is 13.8. The molecule has 0 fully saturated rings. The van der Waals surface area contributed by atoms with Crippen LogP contribution in [0.1, 0.15) is 28.4 Å². The van der Waals surface area contributed by atoms with Crippen molar-refractivity contribution in [1.82, 2.24) is 15.2 Å². The van der Waals surface area contributed by atoms with Crippen LogP contribution in [0.5, 0.6) is 0 Å². The molecule has 0 aliphatic rings. The molecule has 28 heavy (non-hydrogen) atoms. The van der Waals surface area contributed by atoms with Crippen LogP contribution in [0.2, 0.25) is 0 Å². The van der Waals surface area contributed by atoms with Crippen LogP contribution in [0, 0.1) is 0 Å². The predicted octanol–water partition coefficient (Wildman–Crippen LogP) is 3.96. The van der Waals surface area contributed by atoms with Crippen LogP contribution in [-0.2, 0) is 6.42 Å². The third-order valence-electron chi connectivity index (χ3n) is 4.53. The summed E-state index contributed by atoms with van der Waals surface area (Å²) in [7, 11) is 0. The Labute approximate surface area is 163 Å². The molecular formula is C23H20N4O. The number of benzene rings is 3. The number of nitrogens with one attached hydrogen (secondary N) is 2. The molecule has 0 unspecified atom stereocenters. The molecule has 1 heterocycles. The van der Waals surface area contributed by atoms with E-state index in [1.165, 1.54) is 0 Å². The Morgan fingerprint density at radius 1 is 0.750 bits per heavy atom. The molecule has 0 aliphatic carbocycles. The Morgan fingerprint density at radius 3 is 1.82 bits per heavy atom. The number of H-pyrrole nitrogens is 1. The minimum atomic E-state index is -0.235. The summed E-state index contributed by atoms with van der Waals surface area (Å²) >= 11 is 0. The molecule has 0 bridgehead atoms. The SMILES string of the molecule is O=c1[nH]c(NC(c2ccccc2)c2ccccc2)nnc1Cc1ccccc1. The monoisotopic (exact) mass is 368 g/mol. The first-order valence-electron chi connectivity index (χ1n) is 9.16. The Hall–Kier alpha value is -3.73. The lowest BCUT2D eigenvalue weighted by Gasteiger charge is -2.19. The number of aromatic amines is 1. The van der Waals surface area contributed by atoms with Crippen LogP contribution >= 0.6 is 0 Å². The molecule has 4 aromatic rings. The van der Waals surface area contributed by atoms with E-state index >= 15 is 0 Å². The molecule has 0 atom stereocenters. The molecule has 4 rings (SSSR count). The molecule has 2 N–H and O–H groups in total. The van der Waals surface area contributed by atoms with Gasteiger partial charge in [0, 0.05) is 6.42 Å². The summed E-state index contributed by atoms with van der Waals surface area (Å²) in [6, 6.07) is 29.7. The predicted molar refractivity (Wildman–Crippen MR) is 110 cm³/mol. The van der Waals surface area contributed by atoms with Crippen LogP contribution in [0.4, 0.5) is 5.95 Å². The van der Waals surface area contributed by atoms with Gasteiger partial charge in [0.05, 0.1) is 6.04 Å². The van der Waals surface area contributed by atoms with E-state index in [1.807, 2.05) is 91.0 Å². The number of aromatic nitrogens is 3. The second-order valence-electron chi connectivity index (χ2n) is 6.51. The Bertz CT molecular complexity index is 1040. The molecule has 0 amide bonds. The van der Waals surface area contributed by atoms with Crippen LogP contribution in [0.15, 0.2) is 95.8 Å². The minimum absolute atomic E-state index is 0.146. The van der Waals surface area contributed by atoms with E-state index in [1.54, 1.807) is 0 Å². The zero-order valence-electron chi connectivity index (χ0n) is 15.2. The van der Waals surface area contributed by atoms with Gasteiger partial charge in [-0.2, -0.15) is 0 Å². The topological polar surface area (TPSA) is 70.7 Å². The van der Waals surface area contributed by atoms with Crippen molar-refractivity contribution in [3.8, 4) is 0 Å². The molecule has 0 radical (unpaired) electrons. The third kappa shape index (κ3) is 4.15. The van der Waals surface area contributed by atoms with E-state index in [0.29, 0.717) is 18.1 Å². The summed E-state index contributed by atoms with van der Waals surface area (Å²) in [5, 5.41) is 11.7. The Morgan fingerprint density at radius 2 is 1.29 bits per heavy atom. The fourth-order valence-corrected chi connectivity index (χ4v) is 3.12. The van der Waals surface area contributed by atoms with Crippen LogP contribution in [0.3, 0.4) is 0 Å². The van der Waals surface area contributed by atoms with Gasteiger partial charge in [-0.05, 0) is 16.7 Å². The highest BCUT2D eigenvalue weighted by Gasteiger charge is 2.15. The first-order valence-corrected chi connectivity index (χ1v) is 9.16. The maximum Gasteiger partial charge on any atom is 0.274 e. The average Bonchev–Trinajstić information content (AvgIpc) is 2.76. The van der Waals surface area contributed by atoms with Gasteiger partial charge in [-0.3, -0.25) is 9.78 Å². The number of nitrogens with zero attached hydrogens (tertiary/aromatic N) is 2. The number of hydrogen-bond acceptors (Lipinski definition) is 4. The van der Waals surface area contributed by atoms with Gasteiger partial charge in [0.2, 0.25) is 5.95 Å². The summed E-state index contributed by atoms with van der Waals surface area (Å²) < 4.78 is 0. The van der Waals surface area contributed by atoms with Crippen molar-refractivity contribution in [2.75, 3.05) is 5.32 Å². The molecule has 0 aliphatic heterocycles. The normalized spacial score (nSPS) is 10.8. The van der Waals surface area contributed by atoms with Crippen LogP contribution in [0.25, 0.3) is 0 Å². The van der Waals surface area contributed by atoms with Crippen molar-refractivity contribution >= 4 is 5.95 Å². The maximum atomic E-state index is 12.5. The molecule has 0 spiro atoms. The molecule has 5 heteroatoms. The van der Waals surface area contributed by atoms with E-state index in [2.05, 4.69) is 20.5 Å². The minimum Gasteiger partial charge on any atom is -0.344 e. The zero-order valence-corrected chi connectivity index (χ0v) is 15.2. The quantitative estimate of drug-likeness (QED) is 0.540. The van der Waals surface area contributed by atoms with E-state index in [4.69, 9.17) is 0 Å². The van der Waals surface area contributed by atoms with Gasteiger partial charge in [0.25, 0.3) is 5.56 Å². The van der Waals surface area contributed by atoms with E-state index in [-0.39, 0.29) is 11.6 Å². The van der Waals surface area contributed by atoms with Crippen LogP contribution in [-0.4, -0.2) is 15.2 Å². The van der Waals surface area contributed by atoms with Gasteiger partial charge in [-0.15, -0.1) is 10.2 Å². The van der Waals surface area contributed by atoms with Crippen molar-refractivity contribution in [3.05, 3.63) is 124 Å². The van der Waals surface area contributed by atoms with Gasteiger partial charge in [-0.1, -0.05) is 91.0 Å². The fourth-order valence-electron chi connectivity index (χ4n) is 3.12. The maximum absolute atomic E-state index is 12.5. The third-order valence-corrected chi connectivity index (χ3v) is 4.53. The van der Waals surface area contributed by atoms with Gasteiger partial charge < -0.3 is 5.32 Å². The second-order valence-corrected chi connectivity index (χ2v) is 6.51. The van der Waals surface area contributed by atoms with Crippen molar-refractivity contribution in [2.45, 2.75) is 12.5 Å². The molecular weight excluding hydrogens is 348 g/mol. The summed E-state index contributed by atoms with van der Waals surface area (Å²) in [5.74, 6) is 0.347. The van der Waals surface area contributed by atoms with Crippen LogP contribution < -0.4 is 10.9 Å². The second kappa shape index (κ2) is 8.31. The molecule has 1 aromatic heterocycles. The standard InChI is InChI=1S/C23H20N4O/c28-22-20(16-17-10-4-1-5-11-17)26-27-23(25-22)24-21(18-12-6-2-7-13-18)19-14-8-3-9-15-19/h1-15,21H,16H2,(H2,24,25,27,28). The van der Waals surface area contributed by atoms with E-state index in [0.717, 1.165) is 16.7 Å². The smallest absolute Gasteiger partial charge is 0.274 e. The Balaban J connectivity index is 1.61. The first kappa shape index (κ1) is 17.7. The highest BCUT2D eigenvalue weighted by atomic mass is 16.1. The summed E-state index contributed by atoms with van der Waals surface area (Å²) in [6.07, 6.45) is 0.449. The lowest BCUT2D eigenvalue weighted by Crippen LogP contribution is -2.22. The van der Waals surface area contributed by atoms with Gasteiger partial charge >= 0.3 is 0 Å². The number of hydrogen-bond donors (Lipinski definition) is 2. The molecule has 0 saturated carbocycles. The van der Waals surface area contributed by atoms with Gasteiger partial charge in [-0.25, -0.2) is 0 Å². The summed E-state index contributed by atoms with van der Waals surface area (Å²) in [4.78, 5) is 15.3. The van der Waals surface area contributed by atoms with Gasteiger partial charge in [0.15, 0.2) is 0 Å². The van der Waals surface area contributed by atoms with E-state index < -0.39 is 0 Å². The van der Waals surface area contributed by atoms with Crippen molar-refractivity contribution < 1.29 is 0 Å². The zero-order chi connectivity index (χ0) is 19.2. The highest BCUT2D eigenvalue weighted by molar-refractivity contribution is 5.40. The molecule has 5 nitrogen and oxygen atoms in total. The van der Waals surface area contributed by atoms with Crippen molar-refractivity contribution in [1.29, 1.82) is 0 Å². The molecule has 3 aromatic carbocycles. The average molecular weight is 368 g/mol. The summed E-state index contributed by atoms with van der Waals surface area (Å²) in [6.45, 7) is 0. The molecule has 0 saturated heterocycles. The molecule has 138 valence electrons. The lowest BCUT2D eigenvalue weighted by atomic mass is 9.99. The van der Waals surface area contributed by atoms with Crippen molar-refractivity contribution in [3.63, 3.8) is 0 Å². The number of anilines is 1. The van der Waals surface area contributed by atoms with Gasteiger partial charge in [0.1, 0.15) is 5.69 Å². The largest absolute Gasteiger partial charge is 0.344 e. The Kier molecular flexibility index (Phi) is 5.24. The highest BCUT2D eigenvalue weighted by Crippen LogP contribution is 2.24. The van der Waals surface area contributed by atoms with Crippen molar-refractivity contribution in [2.24, 2.45) is 0 Å². The number of rotatable bonds is 6. The summed E-state index contributed by atoms with van der Waals surface area (Å²) in [5.41, 5.74) is 3.33. The van der Waals surface area contributed by atoms with E-state index in [9.17, 15) is 4.79 Å².